The molecular formula is C15H29ClN2O. The van der Waals surface area contributed by atoms with Crippen LogP contribution < -0.4 is 5.32 Å². The summed E-state index contributed by atoms with van der Waals surface area (Å²) in [5, 5.41) is 3.38. The van der Waals surface area contributed by atoms with Crippen molar-refractivity contribution in [3.05, 3.63) is 0 Å². The van der Waals surface area contributed by atoms with E-state index in [-0.39, 0.29) is 12.4 Å². The Kier molecular flexibility index (Phi) is 6.61. The van der Waals surface area contributed by atoms with Crippen LogP contribution in [0.25, 0.3) is 0 Å². The Morgan fingerprint density at radius 3 is 2.37 bits per heavy atom. The molecule has 2 aliphatic rings. The van der Waals surface area contributed by atoms with Gasteiger partial charge in [0.25, 0.3) is 0 Å². The molecule has 0 bridgehead atoms. The van der Waals surface area contributed by atoms with E-state index < -0.39 is 0 Å². The summed E-state index contributed by atoms with van der Waals surface area (Å²) in [5.41, 5.74) is 0.436. The first-order valence-corrected chi connectivity index (χ1v) is 7.55. The predicted molar refractivity (Wildman–Crippen MR) is 81.7 cm³/mol. The van der Waals surface area contributed by atoms with Crippen molar-refractivity contribution in [2.75, 3.05) is 26.2 Å². The van der Waals surface area contributed by atoms with Gasteiger partial charge in [0.1, 0.15) is 0 Å². The second-order valence-electron chi connectivity index (χ2n) is 6.78. The summed E-state index contributed by atoms with van der Waals surface area (Å²) in [6, 6.07) is 0. The number of halogens is 1. The van der Waals surface area contributed by atoms with Gasteiger partial charge in [-0.15, -0.1) is 12.4 Å². The van der Waals surface area contributed by atoms with Crippen LogP contribution in [-0.2, 0) is 4.79 Å². The molecule has 0 aliphatic carbocycles. The third-order valence-electron chi connectivity index (χ3n) is 4.69. The standard InChI is InChI=1S/C15H28N2O.ClH/c1-15(2)7-11-17(12-8-15)14(18)4-3-13-5-9-16-10-6-13;/h13,16H,3-12H2,1-2H3;1H. The fourth-order valence-corrected chi connectivity index (χ4v) is 3.02. The number of hydrogen-bond acceptors (Lipinski definition) is 2. The van der Waals surface area contributed by atoms with Gasteiger partial charge in [0.15, 0.2) is 0 Å². The highest BCUT2D eigenvalue weighted by Crippen LogP contribution is 2.30. The molecule has 0 spiro atoms. The zero-order chi connectivity index (χ0) is 13.0. The zero-order valence-electron chi connectivity index (χ0n) is 12.4. The molecule has 0 aromatic carbocycles. The number of likely N-dealkylation sites (tertiary alicyclic amines) is 1. The topological polar surface area (TPSA) is 32.3 Å². The van der Waals surface area contributed by atoms with Crippen molar-refractivity contribution >= 4 is 18.3 Å². The highest BCUT2D eigenvalue weighted by atomic mass is 35.5. The predicted octanol–water partition coefficient (Wildman–Crippen LogP) is 2.84. The monoisotopic (exact) mass is 288 g/mol. The van der Waals surface area contributed by atoms with Gasteiger partial charge in [0, 0.05) is 19.5 Å². The lowest BCUT2D eigenvalue weighted by Crippen LogP contribution is -2.41. The van der Waals surface area contributed by atoms with Crippen LogP contribution in [0, 0.1) is 11.3 Å². The summed E-state index contributed by atoms with van der Waals surface area (Å²) < 4.78 is 0. The van der Waals surface area contributed by atoms with Crippen LogP contribution >= 0.6 is 12.4 Å². The van der Waals surface area contributed by atoms with Crippen LogP contribution in [0.15, 0.2) is 0 Å². The summed E-state index contributed by atoms with van der Waals surface area (Å²) in [4.78, 5) is 14.3. The van der Waals surface area contributed by atoms with E-state index in [1.165, 1.54) is 12.8 Å². The van der Waals surface area contributed by atoms with Gasteiger partial charge < -0.3 is 10.2 Å². The molecule has 0 aromatic heterocycles. The highest BCUT2D eigenvalue weighted by molar-refractivity contribution is 5.85. The average Bonchev–Trinajstić information content (AvgIpc) is 2.37. The molecule has 0 unspecified atom stereocenters. The number of carbonyl (C=O) groups is 1. The summed E-state index contributed by atoms with van der Waals surface area (Å²) in [5.74, 6) is 1.17. The van der Waals surface area contributed by atoms with E-state index in [2.05, 4.69) is 24.1 Å². The largest absolute Gasteiger partial charge is 0.343 e. The third kappa shape index (κ3) is 5.31. The fraction of sp³-hybridized carbons (Fsp3) is 0.933. The first-order valence-electron chi connectivity index (χ1n) is 7.55. The maximum absolute atomic E-state index is 12.2. The summed E-state index contributed by atoms with van der Waals surface area (Å²) >= 11 is 0. The second-order valence-corrected chi connectivity index (χ2v) is 6.78. The Labute approximate surface area is 123 Å². The van der Waals surface area contributed by atoms with E-state index in [1.807, 2.05) is 0 Å². The van der Waals surface area contributed by atoms with Crippen molar-refractivity contribution in [1.29, 1.82) is 0 Å². The molecule has 2 aliphatic heterocycles. The molecule has 19 heavy (non-hydrogen) atoms. The molecule has 4 heteroatoms. The Hall–Kier alpha value is -0.280. The Balaban J connectivity index is 0.00000180. The molecular weight excluding hydrogens is 260 g/mol. The van der Waals surface area contributed by atoms with Gasteiger partial charge in [0.2, 0.25) is 5.91 Å². The van der Waals surface area contributed by atoms with Crippen molar-refractivity contribution in [2.45, 2.75) is 52.4 Å². The van der Waals surface area contributed by atoms with Crippen LogP contribution in [0.1, 0.15) is 52.4 Å². The molecule has 0 radical (unpaired) electrons. The molecule has 1 amide bonds. The molecule has 2 heterocycles. The van der Waals surface area contributed by atoms with E-state index in [1.54, 1.807) is 0 Å². The van der Waals surface area contributed by atoms with Crippen LogP contribution in [0.3, 0.4) is 0 Å². The van der Waals surface area contributed by atoms with Gasteiger partial charge in [-0.1, -0.05) is 13.8 Å². The number of nitrogens with one attached hydrogen (secondary N) is 1. The minimum atomic E-state index is 0. The number of amides is 1. The van der Waals surface area contributed by atoms with E-state index in [0.29, 0.717) is 11.3 Å². The second kappa shape index (κ2) is 7.49. The average molecular weight is 289 g/mol. The highest BCUT2D eigenvalue weighted by Gasteiger charge is 2.27. The number of rotatable bonds is 3. The van der Waals surface area contributed by atoms with E-state index >= 15 is 0 Å². The molecule has 2 rings (SSSR count). The molecule has 112 valence electrons. The van der Waals surface area contributed by atoms with Gasteiger partial charge in [-0.25, -0.2) is 0 Å². The van der Waals surface area contributed by atoms with Crippen molar-refractivity contribution < 1.29 is 4.79 Å². The molecule has 0 atom stereocenters. The summed E-state index contributed by atoms with van der Waals surface area (Å²) in [6.45, 7) is 8.83. The van der Waals surface area contributed by atoms with E-state index in [4.69, 9.17) is 0 Å². The molecule has 2 fully saturated rings. The van der Waals surface area contributed by atoms with Crippen molar-refractivity contribution in [1.82, 2.24) is 10.2 Å². The lowest BCUT2D eigenvalue weighted by Gasteiger charge is -2.37. The van der Waals surface area contributed by atoms with Crippen LogP contribution in [0.5, 0.6) is 0 Å². The van der Waals surface area contributed by atoms with Crippen molar-refractivity contribution in [3.8, 4) is 0 Å². The van der Waals surface area contributed by atoms with Crippen LogP contribution in [-0.4, -0.2) is 37.0 Å². The number of carbonyl (C=O) groups excluding carboxylic acids is 1. The fourth-order valence-electron chi connectivity index (χ4n) is 3.02. The van der Waals surface area contributed by atoms with Crippen molar-refractivity contribution in [3.63, 3.8) is 0 Å². The van der Waals surface area contributed by atoms with Gasteiger partial charge in [-0.05, 0) is 56.5 Å². The third-order valence-corrected chi connectivity index (χ3v) is 4.69. The first kappa shape index (κ1) is 16.8. The minimum absolute atomic E-state index is 0. The molecule has 1 N–H and O–H groups in total. The Morgan fingerprint density at radius 2 is 1.79 bits per heavy atom. The van der Waals surface area contributed by atoms with E-state index in [9.17, 15) is 4.79 Å². The summed E-state index contributed by atoms with van der Waals surface area (Å²) in [6.07, 6.45) is 6.68. The Bertz CT molecular complexity index is 278. The van der Waals surface area contributed by atoms with Crippen molar-refractivity contribution in [2.24, 2.45) is 11.3 Å². The van der Waals surface area contributed by atoms with Crippen LogP contribution in [0.4, 0.5) is 0 Å². The molecule has 2 saturated heterocycles. The minimum Gasteiger partial charge on any atom is -0.343 e. The number of hydrogen-bond donors (Lipinski definition) is 1. The maximum atomic E-state index is 12.2. The summed E-state index contributed by atoms with van der Waals surface area (Å²) in [7, 11) is 0. The quantitative estimate of drug-likeness (QED) is 0.866. The zero-order valence-corrected chi connectivity index (χ0v) is 13.2. The van der Waals surface area contributed by atoms with Gasteiger partial charge >= 0.3 is 0 Å². The lowest BCUT2D eigenvalue weighted by atomic mass is 9.82. The SMILES string of the molecule is CC1(C)CCN(C(=O)CCC2CCNCC2)CC1.Cl. The first-order chi connectivity index (χ1) is 8.57. The lowest BCUT2D eigenvalue weighted by molar-refractivity contribution is -0.133. The molecule has 0 aromatic rings. The number of piperidine rings is 2. The smallest absolute Gasteiger partial charge is 0.222 e. The Morgan fingerprint density at radius 1 is 1.21 bits per heavy atom. The number of nitrogens with zero attached hydrogens (tertiary/aromatic N) is 1. The van der Waals surface area contributed by atoms with Gasteiger partial charge in [-0.2, -0.15) is 0 Å². The molecule has 0 saturated carbocycles. The molecule has 3 nitrogen and oxygen atoms in total. The maximum Gasteiger partial charge on any atom is 0.222 e. The van der Waals surface area contributed by atoms with Crippen LogP contribution in [0.2, 0.25) is 0 Å². The van der Waals surface area contributed by atoms with Gasteiger partial charge in [0.05, 0.1) is 0 Å². The van der Waals surface area contributed by atoms with Gasteiger partial charge in [-0.3, -0.25) is 4.79 Å². The van der Waals surface area contributed by atoms with E-state index in [0.717, 1.165) is 57.8 Å². The normalized spacial score (nSPS) is 23.8.